The second-order valence-corrected chi connectivity index (χ2v) is 4.39. The summed E-state index contributed by atoms with van der Waals surface area (Å²) in [5, 5.41) is 11.7. The average molecular weight is 228 g/mol. The summed E-state index contributed by atoms with van der Waals surface area (Å²) >= 11 is 1.32. The van der Waals surface area contributed by atoms with E-state index in [4.69, 9.17) is 5.73 Å². The molecule has 1 rings (SSSR count). The normalized spacial score (nSPS) is 12.5. The van der Waals surface area contributed by atoms with E-state index in [2.05, 4.69) is 15.5 Å². The molecule has 0 radical (unpaired) electrons. The number of rotatable bonds is 5. The van der Waals surface area contributed by atoms with Gasteiger partial charge in [-0.2, -0.15) is 0 Å². The molecule has 0 aromatic carbocycles. The van der Waals surface area contributed by atoms with E-state index < -0.39 is 0 Å². The highest BCUT2D eigenvalue weighted by molar-refractivity contribution is 7.15. The molecule has 0 aliphatic heterocycles. The fraction of sp³-hybridized carbons (Fsp3) is 0.667. The lowest BCUT2D eigenvalue weighted by Gasteiger charge is -1.98. The van der Waals surface area contributed by atoms with E-state index in [1.165, 1.54) is 11.3 Å². The van der Waals surface area contributed by atoms with Crippen molar-refractivity contribution in [3.8, 4) is 0 Å². The van der Waals surface area contributed by atoms with Crippen LogP contribution < -0.4 is 11.1 Å². The number of hydrogen-bond acceptors (Lipinski definition) is 5. The number of hydrogen-bond donors (Lipinski definition) is 2. The fourth-order valence-corrected chi connectivity index (χ4v) is 1.70. The van der Waals surface area contributed by atoms with Gasteiger partial charge in [0.1, 0.15) is 5.01 Å². The maximum absolute atomic E-state index is 11.3. The van der Waals surface area contributed by atoms with Gasteiger partial charge in [-0.05, 0) is 13.3 Å². The van der Waals surface area contributed by atoms with Crippen molar-refractivity contribution in [3.05, 3.63) is 5.01 Å². The first-order valence-electron chi connectivity index (χ1n) is 5.02. The zero-order valence-corrected chi connectivity index (χ0v) is 9.80. The lowest BCUT2D eigenvalue weighted by Crippen LogP contribution is -2.10. The summed E-state index contributed by atoms with van der Waals surface area (Å²) in [6, 6.07) is -0.135. The summed E-state index contributed by atoms with van der Waals surface area (Å²) in [6.45, 7) is 3.88. The molecule has 1 amide bonds. The molecule has 0 spiro atoms. The molecule has 15 heavy (non-hydrogen) atoms. The maximum Gasteiger partial charge on any atom is 0.226 e. The molecule has 1 aromatic heterocycles. The molecule has 1 atom stereocenters. The molecule has 0 saturated heterocycles. The van der Waals surface area contributed by atoms with Crippen LogP contribution in [-0.2, 0) is 4.79 Å². The van der Waals surface area contributed by atoms with E-state index in [1.807, 2.05) is 13.8 Å². The van der Waals surface area contributed by atoms with E-state index in [0.717, 1.165) is 17.8 Å². The van der Waals surface area contributed by atoms with Crippen molar-refractivity contribution in [3.63, 3.8) is 0 Å². The predicted molar refractivity (Wildman–Crippen MR) is 60.7 cm³/mol. The van der Waals surface area contributed by atoms with Crippen molar-refractivity contribution in [2.75, 3.05) is 5.32 Å². The Kier molecular flexibility index (Phi) is 4.64. The zero-order valence-electron chi connectivity index (χ0n) is 8.99. The minimum atomic E-state index is -0.135. The van der Waals surface area contributed by atoms with Gasteiger partial charge in [-0.25, -0.2) is 0 Å². The Hall–Kier alpha value is -1.01. The lowest BCUT2D eigenvalue weighted by molar-refractivity contribution is -0.116. The SMILES string of the molecule is CCCCC(=O)Nc1nnc(C(C)N)s1. The third-order valence-corrected chi connectivity index (χ3v) is 2.87. The van der Waals surface area contributed by atoms with Crippen molar-refractivity contribution < 1.29 is 4.79 Å². The molecular weight excluding hydrogens is 212 g/mol. The molecule has 1 heterocycles. The Morgan fingerprint density at radius 2 is 2.33 bits per heavy atom. The third-order valence-electron chi connectivity index (χ3n) is 1.83. The Morgan fingerprint density at radius 3 is 2.87 bits per heavy atom. The van der Waals surface area contributed by atoms with Crippen LogP contribution in [0.4, 0.5) is 5.13 Å². The Morgan fingerprint density at radius 1 is 1.60 bits per heavy atom. The second-order valence-electron chi connectivity index (χ2n) is 3.39. The number of carbonyl (C=O) groups excluding carboxylic acids is 1. The number of carbonyl (C=O) groups is 1. The van der Waals surface area contributed by atoms with Gasteiger partial charge in [-0.3, -0.25) is 4.79 Å². The van der Waals surface area contributed by atoms with Gasteiger partial charge in [0.15, 0.2) is 0 Å². The number of unbranched alkanes of at least 4 members (excludes halogenated alkanes) is 1. The first-order chi connectivity index (χ1) is 7.13. The van der Waals surface area contributed by atoms with E-state index >= 15 is 0 Å². The van der Waals surface area contributed by atoms with Crippen LogP contribution in [0.15, 0.2) is 0 Å². The maximum atomic E-state index is 11.3. The van der Waals surface area contributed by atoms with Gasteiger partial charge in [-0.1, -0.05) is 24.7 Å². The average Bonchev–Trinajstić information content (AvgIpc) is 2.63. The van der Waals surface area contributed by atoms with Crippen LogP contribution >= 0.6 is 11.3 Å². The highest BCUT2D eigenvalue weighted by atomic mass is 32.1. The molecule has 0 bridgehead atoms. The summed E-state index contributed by atoms with van der Waals surface area (Å²) in [5.41, 5.74) is 5.63. The van der Waals surface area contributed by atoms with E-state index in [9.17, 15) is 4.79 Å². The minimum absolute atomic E-state index is 0.00998. The fourth-order valence-electron chi connectivity index (χ4n) is 0.988. The Bertz CT molecular complexity index is 324. The van der Waals surface area contributed by atoms with E-state index in [0.29, 0.717) is 11.6 Å². The highest BCUT2D eigenvalue weighted by Gasteiger charge is 2.09. The molecule has 0 aliphatic rings. The van der Waals surface area contributed by atoms with Crippen LogP contribution in [0.5, 0.6) is 0 Å². The summed E-state index contributed by atoms with van der Waals surface area (Å²) in [7, 11) is 0. The zero-order chi connectivity index (χ0) is 11.3. The van der Waals surface area contributed by atoms with Crippen LogP contribution in [0.3, 0.4) is 0 Å². The number of anilines is 1. The summed E-state index contributed by atoms with van der Waals surface area (Å²) in [5.74, 6) is -0.00998. The van der Waals surface area contributed by atoms with Gasteiger partial charge < -0.3 is 11.1 Å². The van der Waals surface area contributed by atoms with Crippen molar-refractivity contribution in [2.24, 2.45) is 5.73 Å². The van der Waals surface area contributed by atoms with Crippen LogP contribution in [0.2, 0.25) is 0 Å². The predicted octanol–water partition coefficient (Wildman–Crippen LogP) is 1.69. The first kappa shape index (κ1) is 12.1. The largest absolute Gasteiger partial charge is 0.322 e. The van der Waals surface area contributed by atoms with Crippen molar-refractivity contribution in [1.29, 1.82) is 0 Å². The van der Waals surface area contributed by atoms with Gasteiger partial charge in [0.2, 0.25) is 11.0 Å². The standard InChI is InChI=1S/C9H16N4OS/c1-3-4-5-7(14)11-9-13-12-8(15-9)6(2)10/h6H,3-5,10H2,1-2H3,(H,11,13,14). The smallest absolute Gasteiger partial charge is 0.226 e. The summed E-state index contributed by atoms with van der Waals surface area (Å²) in [4.78, 5) is 11.3. The molecule has 0 fully saturated rings. The topological polar surface area (TPSA) is 80.9 Å². The molecule has 3 N–H and O–H groups in total. The number of nitrogens with two attached hydrogens (primary N) is 1. The van der Waals surface area contributed by atoms with Gasteiger partial charge in [0.05, 0.1) is 6.04 Å². The van der Waals surface area contributed by atoms with Crippen LogP contribution in [-0.4, -0.2) is 16.1 Å². The molecule has 84 valence electrons. The third kappa shape index (κ3) is 3.93. The number of nitrogens with zero attached hydrogens (tertiary/aromatic N) is 2. The van der Waals surface area contributed by atoms with Crippen molar-refractivity contribution >= 4 is 22.4 Å². The molecule has 0 saturated carbocycles. The van der Waals surface area contributed by atoms with E-state index in [-0.39, 0.29) is 11.9 Å². The van der Waals surface area contributed by atoms with Gasteiger partial charge >= 0.3 is 0 Å². The second kappa shape index (κ2) is 5.77. The van der Waals surface area contributed by atoms with Gasteiger partial charge in [-0.15, -0.1) is 10.2 Å². The van der Waals surface area contributed by atoms with Crippen LogP contribution in [0, 0.1) is 0 Å². The Labute approximate surface area is 93.1 Å². The molecule has 6 heteroatoms. The summed E-state index contributed by atoms with van der Waals surface area (Å²) < 4.78 is 0. The minimum Gasteiger partial charge on any atom is -0.322 e. The lowest BCUT2D eigenvalue weighted by atomic mass is 10.2. The number of nitrogens with one attached hydrogen (secondary N) is 1. The highest BCUT2D eigenvalue weighted by Crippen LogP contribution is 2.19. The first-order valence-corrected chi connectivity index (χ1v) is 5.84. The van der Waals surface area contributed by atoms with Crippen molar-refractivity contribution in [1.82, 2.24) is 10.2 Å². The number of amides is 1. The van der Waals surface area contributed by atoms with Crippen LogP contribution in [0.25, 0.3) is 0 Å². The monoisotopic (exact) mass is 228 g/mol. The van der Waals surface area contributed by atoms with Gasteiger partial charge in [0, 0.05) is 6.42 Å². The van der Waals surface area contributed by atoms with Crippen molar-refractivity contribution in [2.45, 2.75) is 39.2 Å². The van der Waals surface area contributed by atoms with Gasteiger partial charge in [0.25, 0.3) is 0 Å². The number of aromatic nitrogens is 2. The molecule has 1 aromatic rings. The Balaban J connectivity index is 2.46. The van der Waals surface area contributed by atoms with E-state index in [1.54, 1.807) is 0 Å². The quantitative estimate of drug-likeness (QED) is 0.803. The molecule has 0 aliphatic carbocycles. The molecule has 1 unspecified atom stereocenters. The van der Waals surface area contributed by atoms with Crippen LogP contribution in [0.1, 0.15) is 44.2 Å². The molecular formula is C9H16N4OS. The summed E-state index contributed by atoms with van der Waals surface area (Å²) in [6.07, 6.45) is 2.43. The molecule has 5 nitrogen and oxygen atoms in total.